The van der Waals surface area contributed by atoms with Gasteiger partial charge in [0, 0.05) is 5.56 Å². The number of nitrogens with one attached hydrogen (secondary N) is 2. The summed E-state index contributed by atoms with van der Waals surface area (Å²) in [5, 5.41) is 4.97. The van der Waals surface area contributed by atoms with Crippen molar-refractivity contribution in [2.75, 3.05) is 0 Å². The van der Waals surface area contributed by atoms with Crippen LogP contribution in [0.15, 0.2) is 58.3 Å². The molecule has 0 aliphatic carbocycles. The molecule has 0 bridgehead atoms. The fourth-order valence-electron chi connectivity index (χ4n) is 1.77. The van der Waals surface area contributed by atoms with Crippen molar-refractivity contribution < 1.29 is 21.6 Å². The molecule has 0 radical (unpaired) electrons. The SMILES string of the molecule is Cc1ccc(C(=O)NNS(=O)(=O)c2cccc(S(N)(=O)=O)c2)cc1. The number of carbonyl (C=O) groups is 1. The largest absolute Gasteiger partial charge is 0.273 e. The molecule has 0 unspecified atom stereocenters. The molecule has 1 amide bonds. The van der Waals surface area contributed by atoms with Crippen molar-refractivity contribution in [3.63, 3.8) is 0 Å². The Morgan fingerprint density at radius 2 is 1.54 bits per heavy atom. The smallest absolute Gasteiger partial charge is 0.266 e. The lowest BCUT2D eigenvalue weighted by Crippen LogP contribution is -2.41. The van der Waals surface area contributed by atoms with Crippen LogP contribution in [-0.2, 0) is 20.0 Å². The van der Waals surface area contributed by atoms with Crippen molar-refractivity contribution >= 4 is 26.0 Å². The third-order valence-electron chi connectivity index (χ3n) is 3.06. The number of carbonyl (C=O) groups excluding carboxylic acids is 1. The lowest BCUT2D eigenvalue weighted by Gasteiger charge is -2.09. The quantitative estimate of drug-likeness (QED) is 0.650. The first-order valence-corrected chi connectivity index (χ1v) is 9.64. The number of hydrogen-bond donors (Lipinski definition) is 3. The number of nitrogens with two attached hydrogens (primary N) is 1. The Labute approximate surface area is 139 Å². The summed E-state index contributed by atoms with van der Waals surface area (Å²) >= 11 is 0. The summed E-state index contributed by atoms with van der Waals surface area (Å²) in [6.45, 7) is 1.85. The van der Waals surface area contributed by atoms with Gasteiger partial charge in [0.25, 0.3) is 15.9 Å². The monoisotopic (exact) mass is 369 g/mol. The van der Waals surface area contributed by atoms with E-state index in [4.69, 9.17) is 5.14 Å². The van der Waals surface area contributed by atoms with Crippen LogP contribution in [0.25, 0.3) is 0 Å². The third-order valence-corrected chi connectivity index (χ3v) is 5.21. The molecule has 0 atom stereocenters. The van der Waals surface area contributed by atoms with Crippen LogP contribution < -0.4 is 15.4 Å². The van der Waals surface area contributed by atoms with E-state index in [-0.39, 0.29) is 15.4 Å². The van der Waals surface area contributed by atoms with E-state index in [0.717, 1.165) is 11.6 Å². The Bertz CT molecular complexity index is 968. The Kier molecular flexibility index (Phi) is 5.04. The summed E-state index contributed by atoms with van der Waals surface area (Å²) in [5.41, 5.74) is 3.27. The second kappa shape index (κ2) is 6.69. The van der Waals surface area contributed by atoms with Gasteiger partial charge in [0.1, 0.15) is 0 Å². The maximum atomic E-state index is 12.1. The molecule has 0 heterocycles. The van der Waals surface area contributed by atoms with Crippen molar-refractivity contribution in [2.24, 2.45) is 5.14 Å². The average molecular weight is 369 g/mol. The van der Waals surface area contributed by atoms with Gasteiger partial charge in [-0.05, 0) is 37.3 Å². The van der Waals surface area contributed by atoms with E-state index in [2.05, 4.69) is 5.43 Å². The molecular formula is C14H15N3O5S2. The first kappa shape index (κ1) is 18.1. The average Bonchev–Trinajstić information content (AvgIpc) is 2.53. The van der Waals surface area contributed by atoms with Crippen molar-refractivity contribution in [3.05, 3.63) is 59.7 Å². The van der Waals surface area contributed by atoms with Crippen LogP contribution in [0, 0.1) is 6.92 Å². The molecule has 8 nitrogen and oxygen atoms in total. The maximum absolute atomic E-state index is 12.1. The molecular weight excluding hydrogens is 354 g/mol. The summed E-state index contributed by atoms with van der Waals surface area (Å²) in [7, 11) is -8.20. The highest BCUT2D eigenvalue weighted by atomic mass is 32.2. The van der Waals surface area contributed by atoms with E-state index < -0.39 is 26.0 Å². The van der Waals surface area contributed by atoms with Crippen LogP contribution in [0.4, 0.5) is 0 Å². The topological polar surface area (TPSA) is 135 Å². The molecule has 0 saturated carbocycles. The summed E-state index contributed by atoms with van der Waals surface area (Å²) in [6, 6.07) is 11.0. The molecule has 0 spiro atoms. The lowest BCUT2D eigenvalue weighted by molar-refractivity contribution is 0.0945. The Hall–Kier alpha value is -2.27. The van der Waals surface area contributed by atoms with Gasteiger partial charge in [-0.25, -0.2) is 22.0 Å². The number of sulfonamides is 2. The summed E-state index contributed by atoms with van der Waals surface area (Å²) in [4.78, 5) is 13.1. The number of amides is 1. The fourth-order valence-corrected chi connectivity index (χ4v) is 3.29. The van der Waals surface area contributed by atoms with Gasteiger partial charge in [-0.1, -0.05) is 23.8 Å². The van der Waals surface area contributed by atoms with Crippen molar-refractivity contribution in [3.8, 4) is 0 Å². The van der Waals surface area contributed by atoms with Gasteiger partial charge in [0.2, 0.25) is 10.0 Å². The standard InChI is InChI=1S/C14H15N3O5S2/c1-10-5-7-11(8-6-10)14(18)16-17-24(21,22)13-4-2-3-12(9-13)23(15,19)20/h2-9,17H,1H3,(H,16,18)(H2,15,19,20). The zero-order valence-electron chi connectivity index (χ0n) is 12.6. The van der Waals surface area contributed by atoms with Crippen molar-refractivity contribution in [1.29, 1.82) is 0 Å². The van der Waals surface area contributed by atoms with Gasteiger partial charge in [0.05, 0.1) is 9.79 Å². The van der Waals surface area contributed by atoms with Crippen molar-refractivity contribution in [1.82, 2.24) is 10.3 Å². The number of hydrogen-bond acceptors (Lipinski definition) is 5. The van der Waals surface area contributed by atoms with Crippen molar-refractivity contribution in [2.45, 2.75) is 16.7 Å². The number of rotatable bonds is 5. The number of aryl methyl sites for hydroxylation is 1. The molecule has 0 fully saturated rings. The van der Waals surface area contributed by atoms with Gasteiger partial charge in [0.15, 0.2) is 0 Å². The van der Waals surface area contributed by atoms with E-state index in [1.807, 2.05) is 11.8 Å². The Morgan fingerprint density at radius 3 is 2.12 bits per heavy atom. The van der Waals surface area contributed by atoms with Crippen LogP contribution in [0.2, 0.25) is 0 Å². The van der Waals surface area contributed by atoms with E-state index in [9.17, 15) is 21.6 Å². The van der Waals surface area contributed by atoms with Gasteiger partial charge in [-0.15, -0.1) is 4.83 Å². The van der Waals surface area contributed by atoms with Gasteiger partial charge in [-0.3, -0.25) is 10.2 Å². The molecule has 10 heteroatoms. The molecule has 4 N–H and O–H groups in total. The Balaban J connectivity index is 2.17. The zero-order chi connectivity index (χ0) is 18.0. The van der Waals surface area contributed by atoms with E-state index in [1.165, 1.54) is 18.2 Å². The van der Waals surface area contributed by atoms with Crippen LogP contribution in [0.1, 0.15) is 15.9 Å². The van der Waals surface area contributed by atoms with E-state index in [1.54, 1.807) is 24.3 Å². The molecule has 2 aromatic rings. The van der Waals surface area contributed by atoms with Crippen LogP contribution >= 0.6 is 0 Å². The fraction of sp³-hybridized carbons (Fsp3) is 0.0714. The van der Waals surface area contributed by atoms with Crippen LogP contribution in [-0.4, -0.2) is 22.7 Å². The highest BCUT2D eigenvalue weighted by Gasteiger charge is 2.18. The first-order chi connectivity index (χ1) is 11.1. The maximum Gasteiger partial charge on any atom is 0.266 e. The highest BCUT2D eigenvalue weighted by Crippen LogP contribution is 2.14. The lowest BCUT2D eigenvalue weighted by atomic mass is 10.1. The second-order valence-corrected chi connectivity index (χ2v) is 8.19. The third kappa shape index (κ3) is 4.38. The number of hydrazine groups is 1. The predicted octanol–water partition coefficient (Wildman–Crippen LogP) is 0.266. The molecule has 0 aliphatic heterocycles. The van der Waals surface area contributed by atoms with E-state index in [0.29, 0.717) is 0 Å². The van der Waals surface area contributed by atoms with Gasteiger partial charge >= 0.3 is 0 Å². The molecule has 0 aromatic heterocycles. The normalized spacial score (nSPS) is 11.9. The molecule has 2 rings (SSSR count). The van der Waals surface area contributed by atoms with Gasteiger partial charge in [-0.2, -0.15) is 0 Å². The first-order valence-electron chi connectivity index (χ1n) is 6.61. The van der Waals surface area contributed by atoms with Gasteiger partial charge < -0.3 is 0 Å². The van der Waals surface area contributed by atoms with Crippen LogP contribution in [0.5, 0.6) is 0 Å². The molecule has 2 aromatic carbocycles. The predicted molar refractivity (Wildman–Crippen MR) is 86.8 cm³/mol. The number of benzene rings is 2. The molecule has 0 saturated heterocycles. The minimum atomic E-state index is -4.16. The number of primary sulfonamides is 1. The second-order valence-electron chi connectivity index (χ2n) is 4.95. The molecule has 24 heavy (non-hydrogen) atoms. The highest BCUT2D eigenvalue weighted by molar-refractivity contribution is 7.90. The van der Waals surface area contributed by atoms with E-state index >= 15 is 0 Å². The molecule has 128 valence electrons. The zero-order valence-corrected chi connectivity index (χ0v) is 14.2. The summed E-state index contributed by atoms with van der Waals surface area (Å²) in [5.74, 6) is -0.652. The van der Waals surface area contributed by atoms with Crippen LogP contribution in [0.3, 0.4) is 0 Å². The summed E-state index contributed by atoms with van der Waals surface area (Å²) < 4.78 is 46.8. The molecule has 0 aliphatic rings. The minimum absolute atomic E-state index is 0.265. The Morgan fingerprint density at radius 1 is 0.958 bits per heavy atom. The summed E-state index contributed by atoms with van der Waals surface area (Å²) in [6.07, 6.45) is 0. The minimum Gasteiger partial charge on any atom is -0.273 e.